The van der Waals surface area contributed by atoms with Crippen LogP contribution in [0.5, 0.6) is 0 Å². The maximum atomic E-state index is 11.9. The smallest absolute Gasteiger partial charge is 0.262 e. The van der Waals surface area contributed by atoms with Crippen LogP contribution in [0.15, 0.2) is 56.7 Å². The largest absolute Gasteiger partial charge is 0.463 e. The molecule has 0 aliphatic carbocycles. The average Bonchev–Trinajstić information content (AvgIpc) is 3.06. The number of rotatable bonds is 2. The molecular formula is C15H13BrN2O3. The molecule has 5 nitrogen and oxygen atoms in total. The van der Waals surface area contributed by atoms with Gasteiger partial charge in [0.05, 0.1) is 6.26 Å². The first-order chi connectivity index (χ1) is 10.0. The molecular weight excluding hydrogens is 336 g/mol. The minimum Gasteiger partial charge on any atom is -0.463 e. The molecule has 6 heteroatoms. The highest BCUT2D eigenvalue weighted by Crippen LogP contribution is 2.36. The van der Waals surface area contributed by atoms with Crippen molar-refractivity contribution >= 4 is 27.7 Å². The molecule has 21 heavy (non-hydrogen) atoms. The van der Waals surface area contributed by atoms with Gasteiger partial charge in [0, 0.05) is 23.9 Å². The van der Waals surface area contributed by atoms with E-state index in [0.29, 0.717) is 11.7 Å². The summed E-state index contributed by atoms with van der Waals surface area (Å²) in [6.45, 7) is 3.19. The number of nitrogens with zero attached hydrogens (tertiary/aromatic N) is 2. The third kappa shape index (κ3) is 2.35. The van der Waals surface area contributed by atoms with Crippen molar-refractivity contribution in [3.05, 3.63) is 58.5 Å². The van der Waals surface area contributed by atoms with Gasteiger partial charge in [-0.2, -0.15) is 5.01 Å². The van der Waals surface area contributed by atoms with Gasteiger partial charge in [-0.05, 0) is 30.3 Å². The van der Waals surface area contributed by atoms with E-state index in [1.54, 1.807) is 25.3 Å². The number of ether oxygens (including phenoxy) is 1. The molecule has 1 atom stereocenters. The molecule has 0 bridgehead atoms. The van der Waals surface area contributed by atoms with Crippen LogP contribution in [0.4, 0.5) is 0 Å². The zero-order valence-corrected chi connectivity index (χ0v) is 13.1. The predicted molar refractivity (Wildman–Crippen MR) is 80.3 cm³/mol. The van der Waals surface area contributed by atoms with E-state index in [2.05, 4.69) is 21.0 Å². The fourth-order valence-corrected chi connectivity index (χ4v) is 2.64. The molecule has 0 unspecified atom stereocenters. The fourth-order valence-electron chi connectivity index (χ4n) is 2.24. The lowest BCUT2D eigenvalue weighted by Crippen LogP contribution is -2.41. The van der Waals surface area contributed by atoms with E-state index in [9.17, 15) is 4.79 Å². The Bertz CT molecular complexity index is 711. The highest BCUT2D eigenvalue weighted by atomic mass is 79.9. The second kappa shape index (κ2) is 5.04. The molecule has 0 saturated heterocycles. The summed E-state index contributed by atoms with van der Waals surface area (Å²) < 4.78 is 12.3. The van der Waals surface area contributed by atoms with Crippen molar-refractivity contribution in [1.82, 2.24) is 5.01 Å². The van der Waals surface area contributed by atoms with Gasteiger partial charge in [0.1, 0.15) is 0 Å². The molecule has 1 amide bonds. The van der Waals surface area contributed by atoms with Crippen LogP contribution < -0.4 is 0 Å². The normalized spacial score (nSPS) is 21.1. The van der Waals surface area contributed by atoms with E-state index in [4.69, 9.17) is 9.15 Å². The Hall–Kier alpha value is -2.08. The van der Waals surface area contributed by atoms with Gasteiger partial charge in [0.2, 0.25) is 11.8 Å². The van der Waals surface area contributed by atoms with E-state index in [1.807, 2.05) is 24.3 Å². The second-order valence-corrected chi connectivity index (χ2v) is 5.72. The SMILES string of the molecule is CC(=O)N1N=C(c2cccc(Br)c2)O[C@@]1(C)c1ccco1. The standard InChI is InChI=1S/C15H13BrN2O3/c1-10(19)18-15(2,13-7-4-8-20-13)21-14(17-18)11-5-3-6-12(16)9-11/h3-9H,1-2H3/t15-/m0/s1. The number of furan rings is 1. The molecule has 0 saturated carbocycles. The van der Waals surface area contributed by atoms with Crippen molar-refractivity contribution in [3.8, 4) is 0 Å². The summed E-state index contributed by atoms with van der Waals surface area (Å²) >= 11 is 3.41. The van der Waals surface area contributed by atoms with Crippen molar-refractivity contribution in [2.45, 2.75) is 19.6 Å². The lowest BCUT2D eigenvalue weighted by atomic mass is 10.1. The first kappa shape index (κ1) is 13.9. The van der Waals surface area contributed by atoms with Crippen molar-refractivity contribution in [3.63, 3.8) is 0 Å². The number of hydrogen-bond donors (Lipinski definition) is 0. The van der Waals surface area contributed by atoms with E-state index in [-0.39, 0.29) is 5.91 Å². The summed E-state index contributed by atoms with van der Waals surface area (Å²) in [4.78, 5) is 11.9. The summed E-state index contributed by atoms with van der Waals surface area (Å²) in [6.07, 6.45) is 1.54. The number of hydrogen-bond acceptors (Lipinski definition) is 4. The van der Waals surface area contributed by atoms with Gasteiger partial charge < -0.3 is 9.15 Å². The maximum Gasteiger partial charge on any atom is 0.262 e. The summed E-state index contributed by atoms with van der Waals surface area (Å²) in [5.41, 5.74) is -0.293. The molecule has 3 rings (SSSR count). The number of hydrazone groups is 1. The molecule has 1 aliphatic rings. The van der Waals surface area contributed by atoms with Crippen LogP contribution in [0.3, 0.4) is 0 Å². The third-order valence-corrected chi connectivity index (χ3v) is 3.73. The van der Waals surface area contributed by atoms with Crippen molar-refractivity contribution < 1.29 is 13.9 Å². The number of carbonyl (C=O) groups excluding carboxylic acids is 1. The zero-order chi connectivity index (χ0) is 15.0. The van der Waals surface area contributed by atoms with E-state index in [1.165, 1.54) is 11.9 Å². The molecule has 108 valence electrons. The van der Waals surface area contributed by atoms with E-state index < -0.39 is 5.72 Å². The average molecular weight is 349 g/mol. The first-order valence-electron chi connectivity index (χ1n) is 6.39. The summed E-state index contributed by atoms with van der Waals surface area (Å²) in [5.74, 6) is 0.677. The number of halogens is 1. The fraction of sp³-hybridized carbons (Fsp3) is 0.200. The minimum absolute atomic E-state index is 0.223. The molecule has 2 heterocycles. The number of benzene rings is 1. The summed E-state index contributed by atoms with van der Waals surface area (Å²) in [6, 6.07) is 11.1. The Labute approximate surface area is 130 Å². The van der Waals surface area contributed by atoms with Crippen LogP contribution in [0.25, 0.3) is 0 Å². The summed E-state index contributed by atoms with van der Waals surface area (Å²) in [5, 5.41) is 5.60. The monoisotopic (exact) mass is 348 g/mol. The minimum atomic E-state index is -1.08. The van der Waals surface area contributed by atoms with Crippen LogP contribution in [0.1, 0.15) is 25.2 Å². The van der Waals surface area contributed by atoms with Crippen LogP contribution in [0.2, 0.25) is 0 Å². The van der Waals surface area contributed by atoms with Gasteiger partial charge >= 0.3 is 0 Å². The van der Waals surface area contributed by atoms with Crippen LogP contribution in [0, 0.1) is 0 Å². The maximum absolute atomic E-state index is 11.9. The molecule has 0 fully saturated rings. The van der Waals surface area contributed by atoms with Gasteiger partial charge in [-0.15, -0.1) is 5.10 Å². The van der Waals surface area contributed by atoms with Crippen molar-refractivity contribution in [2.24, 2.45) is 5.10 Å². The lowest BCUT2D eigenvalue weighted by molar-refractivity contribution is -0.148. The van der Waals surface area contributed by atoms with Gasteiger partial charge in [-0.25, -0.2) is 0 Å². The predicted octanol–water partition coefficient (Wildman–Crippen LogP) is 3.46. The van der Waals surface area contributed by atoms with Gasteiger partial charge in [-0.3, -0.25) is 4.79 Å². The Morgan fingerprint density at radius 2 is 2.14 bits per heavy atom. The molecule has 1 aromatic heterocycles. The molecule has 0 spiro atoms. The Morgan fingerprint density at radius 3 is 2.76 bits per heavy atom. The van der Waals surface area contributed by atoms with E-state index >= 15 is 0 Å². The van der Waals surface area contributed by atoms with Crippen LogP contribution >= 0.6 is 15.9 Å². The molecule has 2 aromatic rings. The Morgan fingerprint density at radius 1 is 1.33 bits per heavy atom. The van der Waals surface area contributed by atoms with Gasteiger partial charge in [0.15, 0.2) is 5.76 Å². The topological polar surface area (TPSA) is 55.0 Å². The molecule has 1 aromatic carbocycles. The third-order valence-electron chi connectivity index (χ3n) is 3.24. The quantitative estimate of drug-likeness (QED) is 0.834. The lowest BCUT2D eigenvalue weighted by Gasteiger charge is -2.28. The Kier molecular flexibility index (Phi) is 3.33. The number of carbonyl (C=O) groups is 1. The van der Waals surface area contributed by atoms with Crippen molar-refractivity contribution in [1.29, 1.82) is 0 Å². The Balaban J connectivity index is 2.03. The van der Waals surface area contributed by atoms with Gasteiger partial charge in [-0.1, -0.05) is 22.0 Å². The highest BCUT2D eigenvalue weighted by Gasteiger charge is 2.47. The highest BCUT2D eigenvalue weighted by molar-refractivity contribution is 9.10. The first-order valence-corrected chi connectivity index (χ1v) is 7.18. The molecule has 0 radical (unpaired) electrons. The zero-order valence-electron chi connectivity index (χ0n) is 11.5. The van der Waals surface area contributed by atoms with Crippen molar-refractivity contribution in [2.75, 3.05) is 0 Å². The van der Waals surface area contributed by atoms with Crippen LogP contribution in [-0.2, 0) is 15.3 Å². The second-order valence-electron chi connectivity index (χ2n) is 4.81. The summed E-state index contributed by atoms with van der Waals surface area (Å²) in [7, 11) is 0. The molecule has 0 N–H and O–H groups in total. The van der Waals surface area contributed by atoms with E-state index in [0.717, 1.165) is 10.0 Å². The van der Waals surface area contributed by atoms with Gasteiger partial charge in [0.25, 0.3) is 5.72 Å². The number of amides is 1. The molecule has 1 aliphatic heterocycles. The van der Waals surface area contributed by atoms with Crippen LogP contribution in [-0.4, -0.2) is 16.8 Å².